The van der Waals surface area contributed by atoms with E-state index < -0.39 is 17.1 Å². The molecule has 1 aromatic heterocycles. The van der Waals surface area contributed by atoms with E-state index in [2.05, 4.69) is 141 Å². The molecule has 10 heteroatoms. The van der Waals surface area contributed by atoms with Crippen LogP contribution in [0, 0.1) is 27.1 Å². The van der Waals surface area contributed by atoms with Crippen molar-refractivity contribution in [3.63, 3.8) is 0 Å². The van der Waals surface area contributed by atoms with Crippen molar-refractivity contribution < 1.29 is 9.53 Å². The van der Waals surface area contributed by atoms with E-state index >= 15 is 0 Å². The van der Waals surface area contributed by atoms with Gasteiger partial charge in [-0.3, -0.25) is 9.79 Å². The molecule has 344 valence electrons. The second-order valence-electron chi connectivity index (χ2n) is 22.5. The molecule has 10 nitrogen and oxygen atoms in total. The number of aryl methyl sites for hydroxylation is 1. The van der Waals surface area contributed by atoms with Crippen molar-refractivity contribution in [3.8, 4) is 5.75 Å². The Labute approximate surface area is 366 Å². The fourth-order valence-electron chi connectivity index (χ4n) is 5.02. The van der Waals surface area contributed by atoms with Gasteiger partial charge in [-0.05, 0) is 83.3 Å². The standard InChI is InChI=1S/C16H25N3O3.C14H20O2.C10H20N2.2C5H12/c1-6-10-17-13(20)18(11-7-2)15(22)19(14(17)21)12-8-9-16(3,4)5;1-11(15)16-13-7-5-12(6-8-13)9-10-14(2,3)4;1-10(2,3)5-4-7-12-8-6-11-9-12;2*1-5(2,3)4/h6-7H,1-2,8-12H2,3-5H3;5-8H,9-10H2,1-4H3;9H,4-8H2,1-3H3;2*1-4H3. The van der Waals surface area contributed by atoms with Crippen molar-refractivity contribution in [1.29, 1.82) is 0 Å². The molecule has 0 spiro atoms. The van der Waals surface area contributed by atoms with E-state index in [-0.39, 0.29) is 24.5 Å². The van der Waals surface area contributed by atoms with Crippen molar-refractivity contribution in [2.75, 3.05) is 19.6 Å². The number of carbonyl (C=O) groups is 1. The molecular formula is C50H89N5O5. The molecule has 0 radical (unpaired) electrons. The van der Waals surface area contributed by atoms with Crippen LogP contribution in [0.5, 0.6) is 5.75 Å². The van der Waals surface area contributed by atoms with Gasteiger partial charge in [0, 0.05) is 26.6 Å². The lowest BCUT2D eigenvalue weighted by molar-refractivity contribution is -0.131. The second kappa shape index (κ2) is 27.1. The largest absolute Gasteiger partial charge is 0.427 e. The number of benzene rings is 1. The summed E-state index contributed by atoms with van der Waals surface area (Å²) in [5.41, 5.74) is 1.46. The fourth-order valence-corrected chi connectivity index (χ4v) is 5.02. The zero-order valence-corrected chi connectivity index (χ0v) is 41.7. The highest BCUT2D eigenvalue weighted by atomic mass is 16.5. The number of aromatic nitrogens is 3. The SMILES string of the molecule is C=CCn1c(=O)n(CC=C)c(=O)n(CCCC(C)(C)C)c1=O.CC(=O)Oc1ccc(CCC(C)(C)C)cc1.CC(C)(C)C.CC(C)(C)C.CC(C)(C)CCCN1C=NCC1. The first-order chi connectivity index (χ1) is 27.2. The molecule has 0 N–H and O–H groups in total. The zero-order chi connectivity index (χ0) is 47.1. The lowest BCUT2D eigenvalue weighted by Gasteiger charge is -2.20. The second-order valence-corrected chi connectivity index (χ2v) is 22.5. The number of rotatable bonds is 13. The number of ether oxygens (including phenoxy) is 1. The van der Waals surface area contributed by atoms with Gasteiger partial charge in [0.15, 0.2) is 0 Å². The van der Waals surface area contributed by atoms with Gasteiger partial charge in [0.05, 0.1) is 26.0 Å². The van der Waals surface area contributed by atoms with E-state index in [1.165, 1.54) is 44.0 Å². The maximum Gasteiger partial charge on any atom is 0.336 e. The summed E-state index contributed by atoms with van der Waals surface area (Å²) in [7, 11) is 0. The van der Waals surface area contributed by atoms with Gasteiger partial charge in [0.25, 0.3) is 0 Å². The maximum absolute atomic E-state index is 12.4. The predicted molar refractivity (Wildman–Crippen MR) is 258 cm³/mol. The van der Waals surface area contributed by atoms with Crippen LogP contribution in [0.3, 0.4) is 0 Å². The number of esters is 1. The molecule has 0 fully saturated rings. The molecule has 60 heavy (non-hydrogen) atoms. The van der Waals surface area contributed by atoms with E-state index in [1.54, 1.807) is 0 Å². The monoisotopic (exact) mass is 840 g/mol. The summed E-state index contributed by atoms with van der Waals surface area (Å²) in [4.78, 5) is 54.1. The highest BCUT2D eigenvalue weighted by Gasteiger charge is 2.16. The van der Waals surface area contributed by atoms with Crippen molar-refractivity contribution in [1.82, 2.24) is 18.6 Å². The maximum atomic E-state index is 12.4. The summed E-state index contributed by atoms with van der Waals surface area (Å²) in [5.74, 6) is 0.342. The first kappa shape index (κ1) is 58.1. The summed E-state index contributed by atoms with van der Waals surface area (Å²) in [6.45, 7) is 49.7. The van der Waals surface area contributed by atoms with Crippen LogP contribution in [0.15, 0.2) is 69.0 Å². The van der Waals surface area contributed by atoms with Crippen LogP contribution in [0.25, 0.3) is 0 Å². The fraction of sp³-hybridized carbons (Fsp3) is 0.700. The Morgan fingerprint density at radius 3 is 1.35 bits per heavy atom. The third-order valence-corrected chi connectivity index (χ3v) is 7.80. The quantitative estimate of drug-likeness (QED) is 0.113. The number of carbonyl (C=O) groups excluding carboxylic acids is 1. The number of hydrogen-bond acceptors (Lipinski definition) is 7. The first-order valence-electron chi connectivity index (χ1n) is 21.8. The molecule has 0 aliphatic carbocycles. The van der Waals surface area contributed by atoms with Crippen molar-refractivity contribution >= 4 is 12.3 Å². The van der Waals surface area contributed by atoms with Gasteiger partial charge < -0.3 is 9.64 Å². The minimum absolute atomic E-state index is 0.0777. The molecular weight excluding hydrogens is 751 g/mol. The molecule has 1 aromatic carbocycles. The Morgan fingerprint density at radius 2 is 1.02 bits per heavy atom. The Morgan fingerprint density at radius 1 is 0.633 bits per heavy atom. The smallest absolute Gasteiger partial charge is 0.336 e. The molecule has 0 saturated carbocycles. The lowest BCUT2D eigenvalue weighted by atomic mass is 9.89. The number of hydrogen-bond donors (Lipinski definition) is 0. The van der Waals surface area contributed by atoms with E-state index in [0.29, 0.717) is 40.4 Å². The summed E-state index contributed by atoms with van der Waals surface area (Å²) in [6, 6.07) is 7.73. The van der Waals surface area contributed by atoms with Gasteiger partial charge in [-0.25, -0.2) is 28.1 Å². The molecule has 0 unspecified atom stereocenters. The molecule has 3 rings (SSSR count). The van der Waals surface area contributed by atoms with Gasteiger partial charge in [0.1, 0.15) is 5.75 Å². The van der Waals surface area contributed by atoms with Crippen molar-refractivity contribution in [3.05, 3.63) is 86.6 Å². The van der Waals surface area contributed by atoms with Crippen molar-refractivity contribution in [2.45, 2.75) is 183 Å². The summed E-state index contributed by atoms with van der Waals surface area (Å²) in [6.07, 6.45) is 11.3. The topological polar surface area (TPSA) is 108 Å². The average Bonchev–Trinajstić information content (AvgIpc) is 3.57. The van der Waals surface area contributed by atoms with Gasteiger partial charge >= 0.3 is 23.0 Å². The Balaban J connectivity index is 0. The Hall–Kier alpha value is -3.95. The summed E-state index contributed by atoms with van der Waals surface area (Å²) in [5, 5.41) is 0. The van der Waals surface area contributed by atoms with E-state index in [1.807, 2.05) is 30.6 Å². The predicted octanol–water partition coefficient (Wildman–Crippen LogP) is 11.2. The molecule has 2 heterocycles. The van der Waals surface area contributed by atoms with Gasteiger partial charge in [-0.1, -0.05) is 142 Å². The van der Waals surface area contributed by atoms with Crippen LogP contribution in [0.2, 0.25) is 0 Å². The normalized spacial score (nSPS) is 12.7. The molecule has 0 saturated heterocycles. The van der Waals surface area contributed by atoms with Crippen LogP contribution < -0.4 is 21.8 Å². The molecule has 2 aromatic rings. The van der Waals surface area contributed by atoms with Crippen LogP contribution in [0.4, 0.5) is 0 Å². The van der Waals surface area contributed by atoms with Crippen molar-refractivity contribution in [2.24, 2.45) is 32.1 Å². The first-order valence-corrected chi connectivity index (χ1v) is 21.8. The van der Waals surface area contributed by atoms with Gasteiger partial charge in [0.2, 0.25) is 0 Å². The number of aliphatic imine (C=N–C) groups is 1. The number of nitrogens with zero attached hydrogens (tertiary/aromatic N) is 5. The third-order valence-electron chi connectivity index (χ3n) is 7.80. The molecule has 0 atom stereocenters. The average molecular weight is 840 g/mol. The summed E-state index contributed by atoms with van der Waals surface area (Å²) >= 11 is 0. The third kappa shape index (κ3) is 33.8. The van der Waals surface area contributed by atoms with Gasteiger partial charge in [-0.15, -0.1) is 13.2 Å². The van der Waals surface area contributed by atoms with Crippen LogP contribution in [-0.2, 0) is 30.8 Å². The minimum atomic E-state index is -0.623. The Bertz CT molecular complexity index is 1670. The van der Waals surface area contributed by atoms with Crippen LogP contribution in [0.1, 0.15) is 162 Å². The minimum Gasteiger partial charge on any atom is -0.427 e. The zero-order valence-electron chi connectivity index (χ0n) is 41.7. The van der Waals surface area contributed by atoms with Crippen LogP contribution >= 0.6 is 0 Å². The van der Waals surface area contributed by atoms with E-state index in [0.717, 1.165) is 46.1 Å². The van der Waals surface area contributed by atoms with Gasteiger partial charge in [-0.2, -0.15) is 0 Å². The summed E-state index contributed by atoms with van der Waals surface area (Å²) < 4.78 is 8.15. The van der Waals surface area contributed by atoms with E-state index in [4.69, 9.17) is 4.74 Å². The van der Waals surface area contributed by atoms with E-state index in [9.17, 15) is 19.2 Å². The number of allylic oxidation sites excluding steroid dienone is 2. The van der Waals surface area contributed by atoms with Crippen LogP contribution in [-0.4, -0.2) is 50.5 Å². The highest BCUT2D eigenvalue weighted by molar-refractivity contribution is 5.69. The molecule has 0 bridgehead atoms. The lowest BCUT2D eigenvalue weighted by Crippen LogP contribution is -2.54. The molecule has 0 amide bonds. The molecule has 1 aliphatic rings. The Kier molecular flexibility index (Phi) is 26.3. The molecule has 1 aliphatic heterocycles. The highest BCUT2D eigenvalue weighted by Crippen LogP contribution is 2.23.